The number of aromatic nitrogens is 1. The molecule has 0 aliphatic heterocycles. The van der Waals surface area contributed by atoms with Crippen LogP contribution in [0.1, 0.15) is 25.0 Å². The lowest BCUT2D eigenvalue weighted by Crippen LogP contribution is -2.17. The van der Waals surface area contributed by atoms with Gasteiger partial charge >= 0.3 is 0 Å². The van der Waals surface area contributed by atoms with Crippen LogP contribution in [0.3, 0.4) is 0 Å². The second-order valence-electron chi connectivity index (χ2n) is 11.9. The maximum atomic E-state index is 2.42. The van der Waals surface area contributed by atoms with Crippen LogP contribution in [0.5, 0.6) is 0 Å². The Bertz CT molecular complexity index is 2060. The first kappa shape index (κ1) is 24.7. The van der Waals surface area contributed by atoms with Gasteiger partial charge in [-0.05, 0) is 81.9 Å². The van der Waals surface area contributed by atoms with Crippen molar-refractivity contribution in [3.8, 4) is 27.9 Å². The molecule has 0 amide bonds. The molecule has 0 radical (unpaired) electrons. The van der Waals surface area contributed by atoms with Crippen molar-refractivity contribution in [2.24, 2.45) is 0 Å². The molecule has 1 aliphatic rings. The van der Waals surface area contributed by atoms with E-state index in [1.54, 1.807) is 0 Å². The molecule has 8 rings (SSSR count). The number of rotatable bonds is 4. The SMILES string of the molecule is CN(c1ccc(-c2ccccc2)cc1)c1ccc2c(c1)C(C)(C)c1cc(-n3c4ccccc4c4ccccc43)ccc1-2. The maximum absolute atomic E-state index is 2.42. The van der Waals surface area contributed by atoms with Gasteiger partial charge in [0.1, 0.15) is 0 Å². The number of anilines is 2. The summed E-state index contributed by atoms with van der Waals surface area (Å²) in [5.74, 6) is 0. The van der Waals surface area contributed by atoms with Crippen LogP contribution in [0.15, 0.2) is 140 Å². The fraction of sp³-hybridized carbons (Fsp3) is 0.100. The number of para-hydroxylation sites is 2. The van der Waals surface area contributed by atoms with Gasteiger partial charge < -0.3 is 9.47 Å². The van der Waals surface area contributed by atoms with Gasteiger partial charge in [0.25, 0.3) is 0 Å². The van der Waals surface area contributed by atoms with Crippen LogP contribution in [0.2, 0.25) is 0 Å². The van der Waals surface area contributed by atoms with Crippen molar-refractivity contribution in [2.45, 2.75) is 19.3 Å². The Morgan fingerprint density at radius 3 is 1.69 bits per heavy atom. The Kier molecular flexibility index (Phi) is 5.42. The van der Waals surface area contributed by atoms with Crippen LogP contribution in [0.25, 0.3) is 49.7 Å². The average Bonchev–Trinajstić information content (AvgIpc) is 3.49. The molecule has 1 heterocycles. The van der Waals surface area contributed by atoms with Crippen LogP contribution >= 0.6 is 0 Å². The summed E-state index contributed by atoms with van der Waals surface area (Å²) in [7, 11) is 2.16. The topological polar surface area (TPSA) is 8.17 Å². The lowest BCUT2D eigenvalue weighted by Gasteiger charge is -2.25. The number of hydrogen-bond acceptors (Lipinski definition) is 1. The van der Waals surface area contributed by atoms with Gasteiger partial charge in [-0.3, -0.25) is 0 Å². The van der Waals surface area contributed by atoms with E-state index in [0.717, 1.165) is 0 Å². The highest BCUT2D eigenvalue weighted by Crippen LogP contribution is 2.51. The molecule has 2 heteroatoms. The van der Waals surface area contributed by atoms with Crippen LogP contribution in [0, 0.1) is 0 Å². The molecule has 0 fully saturated rings. The third kappa shape index (κ3) is 3.65. The predicted molar refractivity (Wildman–Crippen MR) is 178 cm³/mol. The fourth-order valence-electron chi connectivity index (χ4n) is 6.92. The summed E-state index contributed by atoms with van der Waals surface area (Å²) < 4.78 is 2.42. The molecule has 1 aliphatic carbocycles. The number of nitrogens with zero attached hydrogens (tertiary/aromatic N) is 2. The minimum atomic E-state index is -0.118. The van der Waals surface area contributed by atoms with E-state index in [9.17, 15) is 0 Å². The van der Waals surface area contributed by atoms with Gasteiger partial charge in [0.05, 0.1) is 11.0 Å². The van der Waals surface area contributed by atoms with Crippen molar-refractivity contribution in [1.29, 1.82) is 0 Å². The van der Waals surface area contributed by atoms with E-state index in [1.807, 2.05) is 0 Å². The lowest BCUT2D eigenvalue weighted by atomic mass is 9.82. The largest absolute Gasteiger partial charge is 0.345 e. The second-order valence-corrected chi connectivity index (χ2v) is 11.9. The number of benzene rings is 6. The van der Waals surface area contributed by atoms with Gasteiger partial charge in [-0.2, -0.15) is 0 Å². The Labute approximate surface area is 247 Å². The average molecular weight is 541 g/mol. The first-order chi connectivity index (χ1) is 20.5. The first-order valence-electron chi connectivity index (χ1n) is 14.7. The normalized spacial score (nSPS) is 13.3. The predicted octanol–water partition coefficient (Wildman–Crippen LogP) is 10.5. The van der Waals surface area contributed by atoms with Gasteiger partial charge in [-0.15, -0.1) is 0 Å². The summed E-state index contributed by atoms with van der Waals surface area (Å²) in [6.07, 6.45) is 0. The zero-order valence-corrected chi connectivity index (χ0v) is 24.2. The third-order valence-corrected chi connectivity index (χ3v) is 9.23. The quantitative estimate of drug-likeness (QED) is 0.216. The van der Waals surface area contributed by atoms with Crippen molar-refractivity contribution >= 4 is 33.2 Å². The van der Waals surface area contributed by atoms with Crippen LogP contribution in [0.4, 0.5) is 11.4 Å². The molecule has 6 aromatic carbocycles. The molecule has 42 heavy (non-hydrogen) atoms. The van der Waals surface area contributed by atoms with Gasteiger partial charge in [0, 0.05) is 40.3 Å². The molecule has 0 unspecified atom stereocenters. The van der Waals surface area contributed by atoms with Crippen molar-refractivity contribution in [3.63, 3.8) is 0 Å². The van der Waals surface area contributed by atoms with Crippen molar-refractivity contribution < 1.29 is 0 Å². The highest BCUT2D eigenvalue weighted by Gasteiger charge is 2.36. The summed E-state index contributed by atoms with van der Waals surface area (Å²) in [6, 6.07) is 50.9. The molecule has 0 saturated carbocycles. The summed E-state index contributed by atoms with van der Waals surface area (Å²) in [4.78, 5) is 2.29. The Balaban J connectivity index is 1.18. The fourth-order valence-corrected chi connectivity index (χ4v) is 6.92. The molecule has 0 atom stereocenters. The molecular formula is C40H32N2. The molecule has 0 bridgehead atoms. The molecule has 2 nitrogen and oxygen atoms in total. The molecule has 1 aromatic heterocycles. The van der Waals surface area contributed by atoms with Crippen LogP contribution in [-0.2, 0) is 5.41 Å². The highest BCUT2D eigenvalue weighted by atomic mass is 15.1. The van der Waals surface area contributed by atoms with Crippen molar-refractivity contribution in [2.75, 3.05) is 11.9 Å². The Morgan fingerprint density at radius 1 is 0.500 bits per heavy atom. The summed E-state index contributed by atoms with van der Waals surface area (Å²) in [5.41, 5.74) is 13.9. The zero-order chi connectivity index (χ0) is 28.4. The minimum absolute atomic E-state index is 0.118. The van der Waals surface area contributed by atoms with E-state index in [4.69, 9.17) is 0 Å². The number of fused-ring (bicyclic) bond motifs is 6. The molecule has 0 spiro atoms. The van der Waals surface area contributed by atoms with Crippen LogP contribution in [-0.4, -0.2) is 11.6 Å². The van der Waals surface area contributed by atoms with E-state index >= 15 is 0 Å². The van der Waals surface area contributed by atoms with E-state index < -0.39 is 0 Å². The van der Waals surface area contributed by atoms with Gasteiger partial charge in [0.2, 0.25) is 0 Å². The zero-order valence-electron chi connectivity index (χ0n) is 24.2. The van der Waals surface area contributed by atoms with Gasteiger partial charge in [-0.25, -0.2) is 0 Å². The maximum Gasteiger partial charge on any atom is 0.0541 e. The van der Waals surface area contributed by atoms with E-state index in [1.165, 1.54) is 72.2 Å². The highest BCUT2D eigenvalue weighted by molar-refractivity contribution is 6.09. The second kappa shape index (κ2) is 9.22. The van der Waals surface area contributed by atoms with Gasteiger partial charge in [0.15, 0.2) is 0 Å². The molecule has 7 aromatic rings. The summed E-state index contributed by atoms with van der Waals surface area (Å²) in [6.45, 7) is 4.73. The van der Waals surface area contributed by atoms with Crippen molar-refractivity contribution in [1.82, 2.24) is 4.57 Å². The van der Waals surface area contributed by atoms with E-state index in [0.29, 0.717) is 0 Å². The Morgan fingerprint density at radius 2 is 1.02 bits per heavy atom. The monoisotopic (exact) mass is 540 g/mol. The first-order valence-corrected chi connectivity index (χ1v) is 14.7. The Hall–Kier alpha value is -5.08. The van der Waals surface area contributed by atoms with Gasteiger partial charge in [-0.1, -0.05) is 105 Å². The smallest absolute Gasteiger partial charge is 0.0541 e. The summed E-state index contributed by atoms with van der Waals surface area (Å²) >= 11 is 0. The molecule has 0 saturated heterocycles. The summed E-state index contributed by atoms with van der Waals surface area (Å²) in [5, 5.41) is 2.58. The number of hydrogen-bond donors (Lipinski definition) is 0. The molecule has 202 valence electrons. The lowest BCUT2D eigenvalue weighted by molar-refractivity contribution is 0.660. The van der Waals surface area contributed by atoms with Crippen molar-refractivity contribution in [3.05, 3.63) is 151 Å². The van der Waals surface area contributed by atoms with E-state index in [-0.39, 0.29) is 5.41 Å². The third-order valence-electron chi connectivity index (χ3n) is 9.23. The van der Waals surface area contributed by atoms with E-state index in [2.05, 4.69) is 170 Å². The standard InChI is InChI=1S/C40H32N2/c1-40(2)36-25-30(41(3)29-19-17-28(18-20-29)27-11-5-4-6-12-27)21-23-32(36)33-24-22-31(26-37(33)40)42-38-15-9-7-13-34(38)35-14-8-10-16-39(35)42/h4-26H,1-3H3. The molecular weight excluding hydrogens is 508 g/mol. The molecule has 0 N–H and O–H groups in total. The minimum Gasteiger partial charge on any atom is -0.345 e. The van der Waals surface area contributed by atoms with Crippen LogP contribution < -0.4 is 4.90 Å².